The molecule has 1 atom stereocenters. The molecule has 1 saturated heterocycles. The highest BCUT2D eigenvalue weighted by Crippen LogP contribution is 2.30. The van der Waals surface area contributed by atoms with Gasteiger partial charge in [-0.15, -0.1) is 0 Å². The number of nitrogens with one attached hydrogen (secondary N) is 1. The number of likely N-dealkylation sites (N-methyl/N-ethyl adjacent to an activating group) is 1. The van der Waals surface area contributed by atoms with Crippen molar-refractivity contribution >= 4 is 11.9 Å². The summed E-state index contributed by atoms with van der Waals surface area (Å²) in [5.74, 6) is -0.978. The third-order valence-corrected chi connectivity index (χ3v) is 3.68. The monoisotopic (exact) mass is 242 g/mol. The van der Waals surface area contributed by atoms with Gasteiger partial charge >= 0.3 is 5.97 Å². The van der Waals surface area contributed by atoms with Gasteiger partial charge in [0, 0.05) is 12.5 Å². The van der Waals surface area contributed by atoms with E-state index in [1.807, 2.05) is 6.92 Å². The van der Waals surface area contributed by atoms with Crippen LogP contribution >= 0.6 is 0 Å². The van der Waals surface area contributed by atoms with Crippen LogP contribution in [-0.2, 0) is 9.59 Å². The molecule has 2 N–H and O–H groups in total. The van der Waals surface area contributed by atoms with Gasteiger partial charge < -0.3 is 15.3 Å². The highest BCUT2D eigenvalue weighted by molar-refractivity contribution is 5.87. The number of carbonyl (C=O) groups is 2. The lowest BCUT2D eigenvalue weighted by Crippen LogP contribution is -2.51. The molecule has 0 saturated carbocycles. The zero-order valence-electron chi connectivity index (χ0n) is 10.8. The topological polar surface area (TPSA) is 69.6 Å². The van der Waals surface area contributed by atoms with Gasteiger partial charge in [-0.1, -0.05) is 13.8 Å². The molecule has 5 heteroatoms. The minimum absolute atomic E-state index is 0.0479. The second kappa shape index (κ2) is 5.49. The van der Waals surface area contributed by atoms with Crippen LogP contribution in [-0.4, -0.2) is 48.1 Å². The van der Waals surface area contributed by atoms with Crippen molar-refractivity contribution in [2.24, 2.45) is 5.41 Å². The minimum atomic E-state index is -0.930. The Bertz CT molecular complexity index is 298. The first-order valence-corrected chi connectivity index (χ1v) is 6.13. The fraction of sp³-hybridized carbons (Fsp3) is 0.833. The summed E-state index contributed by atoms with van der Waals surface area (Å²) in [7, 11) is 1.60. The van der Waals surface area contributed by atoms with Crippen LogP contribution in [0.2, 0.25) is 0 Å². The van der Waals surface area contributed by atoms with Gasteiger partial charge in [-0.3, -0.25) is 4.79 Å². The Hall–Kier alpha value is -1.10. The number of amides is 1. The lowest BCUT2D eigenvalue weighted by molar-refractivity contribution is -0.154. The highest BCUT2D eigenvalue weighted by Gasteiger charge is 2.39. The normalized spacial score (nSPS) is 20.6. The minimum Gasteiger partial charge on any atom is -0.480 e. The molecular weight excluding hydrogens is 220 g/mol. The molecule has 0 radical (unpaired) electrons. The number of carboxylic acids is 1. The van der Waals surface area contributed by atoms with Gasteiger partial charge in [0.15, 0.2) is 0 Å². The molecule has 1 amide bonds. The van der Waals surface area contributed by atoms with Crippen LogP contribution in [0.5, 0.6) is 0 Å². The van der Waals surface area contributed by atoms with Gasteiger partial charge in [-0.25, -0.2) is 4.79 Å². The predicted molar refractivity (Wildman–Crippen MR) is 64.7 cm³/mol. The Morgan fingerprint density at radius 1 is 1.41 bits per heavy atom. The maximum absolute atomic E-state index is 12.4. The third-order valence-electron chi connectivity index (χ3n) is 3.68. The molecule has 1 heterocycles. The SMILES string of the molecule is CCC(C(=O)O)N(C)C(=O)C1(C)CCNCC1. The number of carbonyl (C=O) groups excluding carboxylic acids is 1. The maximum atomic E-state index is 12.4. The van der Waals surface area contributed by atoms with Gasteiger partial charge in [0.05, 0.1) is 0 Å². The molecule has 0 aromatic carbocycles. The summed E-state index contributed by atoms with van der Waals surface area (Å²) in [6, 6.07) is -0.714. The summed E-state index contributed by atoms with van der Waals surface area (Å²) in [4.78, 5) is 24.8. The molecule has 0 spiro atoms. The van der Waals surface area contributed by atoms with Gasteiger partial charge in [0.25, 0.3) is 0 Å². The molecule has 0 aromatic heterocycles. The molecule has 1 unspecified atom stereocenters. The summed E-state index contributed by atoms with van der Waals surface area (Å²) in [5.41, 5.74) is -0.414. The van der Waals surface area contributed by atoms with Crippen LogP contribution in [0, 0.1) is 5.41 Å². The number of aliphatic carboxylic acids is 1. The van der Waals surface area contributed by atoms with Crippen molar-refractivity contribution < 1.29 is 14.7 Å². The fourth-order valence-electron chi connectivity index (χ4n) is 2.37. The van der Waals surface area contributed by atoms with Gasteiger partial charge in [-0.05, 0) is 32.4 Å². The molecule has 1 rings (SSSR count). The first-order chi connectivity index (χ1) is 7.92. The van der Waals surface area contributed by atoms with Gasteiger partial charge in [0.1, 0.15) is 6.04 Å². The summed E-state index contributed by atoms with van der Waals surface area (Å²) in [5, 5.41) is 12.3. The van der Waals surface area contributed by atoms with Crippen LogP contribution in [0.3, 0.4) is 0 Å². The summed E-state index contributed by atoms with van der Waals surface area (Å²) in [6.07, 6.45) is 1.98. The molecule has 1 fully saturated rings. The number of nitrogens with zero attached hydrogens (tertiary/aromatic N) is 1. The van der Waals surface area contributed by atoms with Crippen molar-refractivity contribution in [3.63, 3.8) is 0 Å². The van der Waals surface area contributed by atoms with Crippen molar-refractivity contribution in [1.29, 1.82) is 0 Å². The van der Waals surface area contributed by atoms with Crippen molar-refractivity contribution in [1.82, 2.24) is 10.2 Å². The molecule has 1 aliphatic heterocycles. The van der Waals surface area contributed by atoms with E-state index in [1.54, 1.807) is 14.0 Å². The zero-order valence-corrected chi connectivity index (χ0v) is 10.8. The first-order valence-electron chi connectivity index (χ1n) is 6.13. The Labute approximate surface area is 102 Å². The standard InChI is InChI=1S/C12H22N2O3/c1-4-9(10(15)16)14(3)11(17)12(2)5-7-13-8-6-12/h9,13H,4-8H2,1-3H3,(H,15,16). The number of carboxylic acid groups (broad SMARTS) is 1. The second-order valence-corrected chi connectivity index (χ2v) is 4.99. The first kappa shape index (κ1) is 14.0. The second-order valence-electron chi connectivity index (χ2n) is 4.99. The molecular formula is C12H22N2O3. The summed E-state index contributed by atoms with van der Waals surface area (Å²) < 4.78 is 0. The molecule has 17 heavy (non-hydrogen) atoms. The zero-order chi connectivity index (χ0) is 13.1. The van der Waals surface area contributed by atoms with E-state index < -0.39 is 17.4 Å². The van der Waals surface area contributed by atoms with E-state index in [2.05, 4.69) is 5.32 Å². The smallest absolute Gasteiger partial charge is 0.326 e. The highest BCUT2D eigenvalue weighted by atomic mass is 16.4. The van der Waals surface area contributed by atoms with E-state index in [-0.39, 0.29) is 5.91 Å². The van der Waals surface area contributed by atoms with E-state index >= 15 is 0 Å². The lowest BCUT2D eigenvalue weighted by Gasteiger charge is -2.37. The quantitative estimate of drug-likeness (QED) is 0.761. The van der Waals surface area contributed by atoms with E-state index in [9.17, 15) is 9.59 Å². The van der Waals surface area contributed by atoms with Crippen LogP contribution in [0.1, 0.15) is 33.1 Å². The predicted octanol–water partition coefficient (Wildman–Crippen LogP) is 0.698. The number of hydrogen-bond donors (Lipinski definition) is 2. The third kappa shape index (κ3) is 2.97. The van der Waals surface area contributed by atoms with Crippen molar-refractivity contribution in [3.8, 4) is 0 Å². The molecule has 5 nitrogen and oxygen atoms in total. The summed E-state index contributed by atoms with van der Waals surface area (Å²) >= 11 is 0. The maximum Gasteiger partial charge on any atom is 0.326 e. The molecule has 98 valence electrons. The van der Waals surface area contributed by atoms with E-state index in [0.29, 0.717) is 6.42 Å². The molecule has 0 bridgehead atoms. The Morgan fingerprint density at radius 2 is 1.94 bits per heavy atom. The average Bonchev–Trinajstić information content (AvgIpc) is 2.29. The Balaban J connectivity index is 2.77. The average molecular weight is 242 g/mol. The summed E-state index contributed by atoms with van der Waals surface area (Å²) in [6.45, 7) is 5.36. The van der Waals surface area contributed by atoms with Gasteiger partial charge in [-0.2, -0.15) is 0 Å². The fourth-order valence-corrected chi connectivity index (χ4v) is 2.37. The molecule has 0 aliphatic carbocycles. The van der Waals surface area contributed by atoms with Gasteiger partial charge in [0.2, 0.25) is 5.91 Å². The van der Waals surface area contributed by atoms with Crippen LogP contribution in [0.25, 0.3) is 0 Å². The van der Waals surface area contributed by atoms with E-state index in [4.69, 9.17) is 5.11 Å². The van der Waals surface area contributed by atoms with E-state index in [0.717, 1.165) is 25.9 Å². The Kier molecular flexibility index (Phi) is 4.51. The largest absolute Gasteiger partial charge is 0.480 e. The van der Waals surface area contributed by atoms with Crippen LogP contribution in [0.15, 0.2) is 0 Å². The number of hydrogen-bond acceptors (Lipinski definition) is 3. The van der Waals surface area contributed by atoms with Crippen LogP contribution < -0.4 is 5.32 Å². The van der Waals surface area contributed by atoms with Crippen molar-refractivity contribution in [3.05, 3.63) is 0 Å². The number of rotatable bonds is 4. The lowest BCUT2D eigenvalue weighted by atomic mass is 9.79. The van der Waals surface area contributed by atoms with Crippen molar-refractivity contribution in [2.45, 2.75) is 39.2 Å². The van der Waals surface area contributed by atoms with Crippen molar-refractivity contribution in [2.75, 3.05) is 20.1 Å². The Morgan fingerprint density at radius 3 is 2.35 bits per heavy atom. The number of piperidine rings is 1. The van der Waals surface area contributed by atoms with Crippen LogP contribution in [0.4, 0.5) is 0 Å². The molecule has 1 aliphatic rings. The van der Waals surface area contributed by atoms with E-state index in [1.165, 1.54) is 4.90 Å². The molecule has 0 aromatic rings.